The highest BCUT2D eigenvalue weighted by Crippen LogP contribution is 2.43. The zero-order valence-corrected chi connectivity index (χ0v) is 14.3. The maximum atomic E-state index is 13.6. The van der Waals surface area contributed by atoms with Gasteiger partial charge >= 0.3 is 0 Å². The smallest absolute Gasteiger partial charge is 0.165 e. The number of fused-ring (bicyclic) bond motifs is 1. The molecule has 2 aromatic rings. The number of hydrogen-bond donors (Lipinski definition) is 1. The molecule has 0 atom stereocenters. The molecule has 0 aliphatic heterocycles. The van der Waals surface area contributed by atoms with Gasteiger partial charge in [-0.2, -0.15) is 0 Å². The van der Waals surface area contributed by atoms with Crippen molar-refractivity contribution in [3.63, 3.8) is 0 Å². The summed E-state index contributed by atoms with van der Waals surface area (Å²) in [6, 6.07) is 9.31. The topological polar surface area (TPSA) is 20.2 Å². The van der Waals surface area contributed by atoms with E-state index >= 15 is 0 Å². The van der Waals surface area contributed by atoms with Crippen molar-refractivity contribution in [2.75, 3.05) is 0 Å². The van der Waals surface area contributed by atoms with Gasteiger partial charge in [0, 0.05) is 0 Å². The maximum Gasteiger partial charge on any atom is 0.165 e. The Morgan fingerprint density at radius 1 is 0.750 bits per heavy atom. The summed E-state index contributed by atoms with van der Waals surface area (Å²) in [5.41, 5.74) is 1.34. The molecule has 0 bridgehead atoms. The normalized spacial score (nSPS) is 25.9. The van der Waals surface area contributed by atoms with Crippen molar-refractivity contribution in [2.45, 2.75) is 63.7 Å². The van der Waals surface area contributed by atoms with Gasteiger partial charge in [0.05, 0.1) is 0 Å². The van der Waals surface area contributed by atoms with Crippen LogP contribution in [-0.4, -0.2) is 5.11 Å². The van der Waals surface area contributed by atoms with Gasteiger partial charge in [-0.25, -0.2) is 4.39 Å². The number of rotatable bonds is 2. The van der Waals surface area contributed by atoms with E-state index in [2.05, 4.69) is 12.1 Å². The van der Waals surface area contributed by atoms with Crippen LogP contribution in [0.25, 0.3) is 10.8 Å². The lowest BCUT2D eigenvalue weighted by molar-refractivity contribution is 0.186. The van der Waals surface area contributed by atoms with Crippen molar-refractivity contribution >= 4 is 10.8 Å². The number of phenolic OH excluding ortho intramolecular Hbond substituents is 1. The molecule has 0 radical (unpaired) electrons. The molecule has 0 unspecified atom stereocenters. The second kappa shape index (κ2) is 6.74. The molecule has 4 rings (SSSR count). The summed E-state index contributed by atoms with van der Waals surface area (Å²) in [7, 11) is 0. The molecular formula is C22H27FO. The molecule has 2 aliphatic carbocycles. The van der Waals surface area contributed by atoms with Gasteiger partial charge in [0.2, 0.25) is 0 Å². The molecule has 0 saturated heterocycles. The van der Waals surface area contributed by atoms with Gasteiger partial charge in [-0.15, -0.1) is 0 Å². The minimum absolute atomic E-state index is 0.261. The van der Waals surface area contributed by atoms with E-state index in [4.69, 9.17) is 0 Å². The zero-order chi connectivity index (χ0) is 16.5. The Hall–Kier alpha value is -1.57. The lowest BCUT2D eigenvalue weighted by atomic mass is 9.70. The molecule has 128 valence electrons. The fourth-order valence-corrected chi connectivity index (χ4v) is 5.06. The second-order valence-corrected chi connectivity index (χ2v) is 7.92. The standard InChI is InChI=1S/C22H27FO/c23-21-13-20-12-18(10-11-19(20)14-22(21)24)17-8-6-16(7-9-17)15-4-2-1-3-5-15/h10-17,24H,1-9H2. The number of benzene rings is 2. The third-order valence-corrected chi connectivity index (χ3v) is 6.49. The summed E-state index contributed by atoms with van der Waals surface area (Å²) in [6.07, 6.45) is 12.5. The number of hydrogen-bond acceptors (Lipinski definition) is 1. The first-order chi connectivity index (χ1) is 11.7. The largest absolute Gasteiger partial charge is 0.505 e. The molecule has 2 heteroatoms. The van der Waals surface area contributed by atoms with Gasteiger partial charge in [0.15, 0.2) is 11.6 Å². The van der Waals surface area contributed by atoms with Crippen LogP contribution in [0.15, 0.2) is 30.3 Å². The highest BCUT2D eigenvalue weighted by atomic mass is 19.1. The quantitative estimate of drug-likeness (QED) is 0.664. The molecule has 2 aromatic carbocycles. The minimum Gasteiger partial charge on any atom is -0.505 e. The summed E-state index contributed by atoms with van der Waals surface area (Å²) < 4.78 is 13.6. The Labute approximate surface area is 143 Å². The van der Waals surface area contributed by atoms with Gasteiger partial charge in [0.25, 0.3) is 0 Å². The van der Waals surface area contributed by atoms with Crippen molar-refractivity contribution in [1.82, 2.24) is 0 Å². The number of phenols is 1. The summed E-state index contributed by atoms with van der Waals surface area (Å²) >= 11 is 0. The van der Waals surface area contributed by atoms with E-state index in [0.717, 1.165) is 22.6 Å². The van der Waals surface area contributed by atoms with Crippen LogP contribution in [-0.2, 0) is 0 Å². The summed E-state index contributed by atoms with van der Waals surface area (Å²) in [5, 5.41) is 11.3. The maximum absolute atomic E-state index is 13.6. The molecule has 0 spiro atoms. The highest BCUT2D eigenvalue weighted by Gasteiger charge is 2.29. The Balaban J connectivity index is 1.47. The van der Waals surface area contributed by atoms with Crippen LogP contribution in [0.4, 0.5) is 4.39 Å². The Morgan fingerprint density at radius 3 is 2.21 bits per heavy atom. The first-order valence-corrected chi connectivity index (χ1v) is 9.63. The molecule has 1 nitrogen and oxygen atoms in total. The number of halogens is 1. The molecule has 0 amide bonds. The van der Waals surface area contributed by atoms with E-state index < -0.39 is 5.82 Å². The first kappa shape index (κ1) is 15.9. The van der Waals surface area contributed by atoms with Gasteiger partial charge in [-0.3, -0.25) is 0 Å². The van der Waals surface area contributed by atoms with E-state index in [1.807, 2.05) is 6.07 Å². The van der Waals surface area contributed by atoms with Crippen LogP contribution in [0, 0.1) is 17.7 Å². The van der Waals surface area contributed by atoms with Crippen LogP contribution in [0.1, 0.15) is 69.3 Å². The van der Waals surface area contributed by atoms with Gasteiger partial charge in [-0.05, 0) is 71.9 Å². The van der Waals surface area contributed by atoms with Crippen molar-refractivity contribution < 1.29 is 9.50 Å². The SMILES string of the molecule is Oc1cc2ccc(C3CCC(C4CCCCC4)CC3)cc2cc1F. The van der Waals surface area contributed by atoms with E-state index in [1.54, 1.807) is 0 Å². The van der Waals surface area contributed by atoms with Crippen molar-refractivity contribution in [3.05, 3.63) is 41.7 Å². The van der Waals surface area contributed by atoms with Crippen LogP contribution in [0.2, 0.25) is 0 Å². The minimum atomic E-state index is -0.527. The summed E-state index contributed by atoms with van der Waals surface area (Å²) in [4.78, 5) is 0. The molecular weight excluding hydrogens is 299 g/mol. The van der Waals surface area contributed by atoms with Gasteiger partial charge in [-0.1, -0.05) is 50.3 Å². The molecule has 24 heavy (non-hydrogen) atoms. The molecule has 2 saturated carbocycles. The van der Waals surface area contributed by atoms with E-state index in [-0.39, 0.29) is 5.75 Å². The van der Waals surface area contributed by atoms with Gasteiger partial charge in [0.1, 0.15) is 0 Å². The Kier molecular flexibility index (Phi) is 4.47. The van der Waals surface area contributed by atoms with Crippen molar-refractivity contribution in [3.8, 4) is 5.75 Å². The van der Waals surface area contributed by atoms with E-state index in [0.29, 0.717) is 5.92 Å². The summed E-state index contributed by atoms with van der Waals surface area (Å²) in [5.74, 6) is 1.75. The van der Waals surface area contributed by atoms with Crippen LogP contribution in [0.3, 0.4) is 0 Å². The van der Waals surface area contributed by atoms with Gasteiger partial charge < -0.3 is 5.11 Å². The van der Waals surface area contributed by atoms with Crippen LogP contribution >= 0.6 is 0 Å². The fourth-order valence-electron chi connectivity index (χ4n) is 5.06. The van der Waals surface area contributed by atoms with Crippen molar-refractivity contribution in [2.24, 2.45) is 11.8 Å². The molecule has 0 aromatic heterocycles. The zero-order valence-electron chi connectivity index (χ0n) is 14.3. The Morgan fingerprint density at radius 2 is 1.46 bits per heavy atom. The van der Waals surface area contributed by atoms with E-state index in [1.165, 1.54) is 75.5 Å². The number of aromatic hydroxyl groups is 1. The molecule has 2 fully saturated rings. The fraction of sp³-hybridized carbons (Fsp3) is 0.545. The molecule has 1 N–H and O–H groups in total. The summed E-state index contributed by atoms with van der Waals surface area (Å²) in [6.45, 7) is 0. The second-order valence-electron chi connectivity index (χ2n) is 7.92. The third-order valence-electron chi connectivity index (χ3n) is 6.49. The van der Waals surface area contributed by atoms with E-state index in [9.17, 15) is 9.50 Å². The predicted molar refractivity (Wildman–Crippen MR) is 96.8 cm³/mol. The molecule has 2 aliphatic rings. The first-order valence-electron chi connectivity index (χ1n) is 9.63. The predicted octanol–water partition coefficient (Wildman–Crippen LogP) is 6.54. The van der Waals surface area contributed by atoms with Crippen molar-refractivity contribution in [1.29, 1.82) is 0 Å². The highest BCUT2D eigenvalue weighted by molar-refractivity contribution is 5.84. The van der Waals surface area contributed by atoms with Crippen LogP contribution in [0.5, 0.6) is 5.75 Å². The Bertz CT molecular complexity index is 709. The lowest BCUT2D eigenvalue weighted by Gasteiger charge is -2.36. The molecule has 0 heterocycles. The lowest BCUT2D eigenvalue weighted by Crippen LogP contribution is -2.23. The average molecular weight is 326 g/mol. The third kappa shape index (κ3) is 3.16. The average Bonchev–Trinajstić information content (AvgIpc) is 2.63. The van der Waals surface area contributed by atoms with Crippen LogP contribution < -0.4 is 0 Å². The monoisotopic (exact) mass is 326 g/mol.